The average molecular weight is 206 g/mol. The number of aromatic nitrogens is 3. The summed E-state index contributed by atoms with van der Waals surface area (Å²) in [6, 6.07) is 0. The highest BCUT2D eigenvalue weighted by Crippen LogP contribution is 2.26. The lowest BCUT2D eigenvalue weighted by atomic mass is 10.2. The van der Waals surface area contributed by atoms with Gasteiger partial charge in [0.1, 0.15) is 5.75 Å². The minimum Gasteiger partial charge on any atom is -0.506 e. The van der Waals surface area contributed by atoms with E-state index in [1.54, 1.807) is 4.68 Å². The van der Waals surface area contributed by atoms with Crippen molar-refractivity contribution < 1.29 is 9.90 Å². The van der Waals surface area contributed by atoms with Crippen molar-refractivity contribution in [2.24, 2.45) is 5.73 Å². The van der Waals surface area contributed by atoms with Crippen LogP contribution in [0.4, 0.5) is 0 Å². The maximum absolute atomic E-state index is 10.9. The number of aromatic hydroxyl groups is 1. The maximum Gasteiger partial charge on any atom is 0.254 e. The van der Waals surface area contributed by atoms with Crippen LogP contribution in [0.5, 0.6) is 5.75 Å². The quantitative estimate of drug-likeness (QED) is 0.736. The van der Waals surface area contributed by atoms with Crippen molar-refractivity contribution in [3.63, 3.8) is 0 Å². The number of carbonyl (C=O) groups is 1. The number of fused-ring (bicyclic) bond motifs is 1. The van der Waals surface area contributed by atoms with Gasteiger partial charge in [-0.2, -0.15) is 5.10 Å². The van der Waals surface area contributed by atoms with Crippen LogP contribution in [0, 0.1) is 0 Å². The first-order chi connectivity index (χ1) is 7.15. The third kappa shape index (κ3) is 1.30. The Morgan fingerprint density at radius 2 is 2.33 bits per heavy atom. The minimum atomic E-state index is -0.703. The molecule has 6 heteroatoms. The predicted molar refractivity (Wildman–Crippen MR) is 53.4 cm³/mol. The molecule has 2 rings (SSSR count). The summed E-state index contributed by atoms with van der Waals surface area (Å²) in [5.41, 5.74) is 5.63. The van der Waals surface area contributed by atoms with Gasteiger partial charge < -0.3 is 10.8 Å². The topological polar surface area (TPSA) is 94.0 Å². The van der Waals surface area contributed by atoms with Gasteiger partial charge in [0.25, 0.3) is 5.91 Å². The van der Waals surface area contributed by atoms with Crippen LogP contribution >= 0.6 is 0 Å². The van der Waals surface area contributed by atoms with Crippen molar-refractivity contribution in [1.29, 1.82) is 0 Å². The fourth-order valence-corrected chi connectivity index (χ4v) is 1.43. The Labute approximate surface area is 85.3 Å². The lowest BCUT2D eigenvalue weighted by Gasteiger charge is -2.01. The van der Waals surface area contributed by atoms with E-state index >= 15 is 0 Å². The molecule has 0 aliphatic carbocycles. The summed E-state index contributed by atoms with van der Waals surface area (Å²) in [5.74, 6) is -0.863. The SMILES string of the molecule is CCn1ncc2c(O)c(C(N)=O)cnc21. The number of hydrogen-bond acceptors (Lipinski definition) is 4. The number of primary amides is 1. The molecule has 0 atom stereocenters. The number of carbonyl (C=O) groups excluding carboxylic acids is 1. The molecule has 0 bridgehead atoms. The second-order valence-corrected chi connectivity index (χ2v) is 3.08. The van der Waals surface area contributed by atoms with Crippen LogP contribution in [-0.2, 0) is 6.54 Å². The van der Waals surface area contributed by atoms with Crippen molar-refractivity contribution in [3.05, 3.63) is 18.0 Å². The van der Waals surface area contributed by atoms with E-state index in [1.165, 1.54) is 12.4 Å². The van der Waals surface area contributed by atoms with Gasteiger partial charge >= 0.3 is 0 Å². The van der Waals surface area contributed by atoms with Crippen LogP contribution in [0.3, 0.4) is 0 Å². The summed E-state index contributed by atoms with van der Waals surface area (Å²) in [6.45, 7) is 2.55. The lowest BCUT2D eigenvalue weighted by Crippen LogP contribution is -2.11. The Hall–Kier alpha value is -2.11. The number of amides is 1. The summed E-state index contributed by atoms with van der Waals surface area (Å²) in [6.07, 6.45) is 2.72. The highest BCUT2D eigenvalue weighted by Gasteiger charge is 2.14. The number of hydrogen-bond donors (Lipinski definition) is 2. The third-order valence-corrected chi connectivity index (χ3v) is 2.20. The Morgan fingerprint density at radius 1 is 1.60 bits per heavy atom. The fraction of sp³-hybridized carbons (Fsp3) is 0.222. The highest BCUT2D eigenvalue weighted by atomic mass is 16.3. The van der Waals surface area contributed by atoms with Crippen LogP contribution in [-0.4, -0.2) is 25.8 Å². The van der Waals surface area contributed by atoms with Gasteiger partial charge in [-0.3, -0.25) is 4.79 Å². The Morgan fingerprint density at radius 3 is 2.93 bits per heavy atom. The smallest absolute Gasteiger partial charge is 0.254 e. The van der Waals surface area contributed by atoms with Crippen LogP contribution in [0.25, 0.3) is 11.0 Å². The normalized spacial score (nSPS) is 10.7. The Kier molecular flexibility index (Phi) is 2.03. The zero-order valence-corrected chi connectivity index (χ0v) is 8.14. The molecular weight excluding hydrogens is 196 g/mol. The molecule has 0 aliphatic rings. The van der Waals surface area contributed by atoms with Gasteiger partial charge in [0.2, 0.25) is 0 Å². The molecule has 2 aromatic heterocycles. The molecule has 0 saturated heterocycles. The van der Waals surface area contributed by atoms with E-state index in [-0.39, 0.29) is 11.3 Å². The first-order valence-corrected chi connectivity index (χ1v) is 4.48. The van der Waals surface area contributed by atoms with Crippen molar-refractivity contribution in [3.8, 4) is 5.75 Å². The number of aryl methyl sites for hydroxylation is 1. The highest BCUT2D eigenvalue weighted by molar-refractivity contribution is 6.00. The van der Waals surface area contributed by atoms with Crippen molar-refractivity contribution in [2.45, 2.75) is 13.5 Å². The zero-order valence-electron chi connectivity index (χ0n) is 8.14. The van der Waals surface area contributed by atoms with Crippen molar-refractivity contribution >= 4 is 16.9 Å². The van der Waals surface area contributed by atoms with Crippen LogP contribution in [0.2, 0.25) is 0 Å². The van der Waals surface area contributed by atoms with Gasteiger partial charge in [0, 0.05) is 12.7 Å². The van der Waals surface area contributed by atoms with Gasteiger partial charge in [-0.15, -0.1) is 0 Å². The number of nitrogens with two attached hydrogens (primary N) is 1. The summed E-state index contributed by atoms with van der Waals surface area (Å²) in [7, 11) is 0. The predicted octanol–water partition coefficient (Wildman–Crippen LogP) is 0.256. The van der Waals surface area contributed by atoms with Crippen molar-refractivity contribution in [1.82, 2.24) is 14.8 Å². The fourth-order valence-electron chi connectivity index (χ4n) is 1.43. The standard InChI is InChI=1S/C9H10N4O2/c1-2-13-9-6(4-12-13)7(14)5(3-11-9)8(10)15/h3-4H,2H2,1H3,(H2,10,15)(H,11,14). The number of nitrogens with zero attached hydrogens (tertiary/aromatic N) is 3. The molecule has 3 N–H and O–H groups in total. The molecule has 0 aromatic carbocycles. The molecule has 6 nitrogen and oxygen atoms in total. The van der Waals surface area contributed by atoms with Crippen molar-refractivity contribution in [2.75, 3.05) is 0 Å². The van der Waals surface area contributed by atoms with Crippen LogP contribution < -0.4 is 5.73 Å². The van der Waals surface area contributed by atoms with E-state index in [1.807, 2.05) is 6.92 Å². The molecule has 1 amide bonds. The molecule has 0 fully saturated rings. The van der Waals surface area contributed by atoms with Crippen LogP contribution in [0.15, 0.2) is 12.4 Å². The van der Waals surface area contributed by atoms with Gasteiger partial charge in [0.05, 0.1) is 17.1 Å². The first kappa shape index (κ1) is 9.45. The monoisotopic (exact) mass is 206 g/mol. The molecule has 0 aliphatic heterocycles. The summed E-state index contributed by atoms with van der Waals surface area (Å²) >= 11 is 0. The summed E-state index contributed by atoms with van der Waals surface area (Å²) < 4.78 is 1.62. The lowest BCUT2D eigenvalue weighted by molar-refractivity contribution is 0.0997. The summed E-state index contributed by atoms with van der Waals surface area (Å²) in [4.78, 5) is 15.0. The average Bonchev–Trinajstić information content (AvgIpc) is 2.61. The van der Waals surface area contributed by atoms with Gasteiger partial charge in [0.15, 0.2) is 5.65 Å². The van der Waals surface area contributed by atoms with E-state index in [4.69, 9.17) is 5.73 Å². The summed E-state index contributed by atoms with van der Waals surface area (Å²) in [5, 5.41) is 14.2. The molecule has 0 spiro atoms. The van der Waals surface area contributed by atoms with E-state index in [0.717, 1.165) is 0 Å². The molecule has 0 unspecified atom stereocenters. The second-order valence-electron chi connectivity index (χ2n) is 3.08. The zero-order chi connectivity index (χ0) is 11.0. The maximum atomic E-state index is 10.9. The molecule has 2 heterocycles. The molecule has 0 saturated carbocycles. The van der Waals surface area contributed by atoms with Gasteiger partial charge in [-0.1, -0.05) is 0 Å². The van der Waals surface area contributed by atoms with E-state index in [2.05, 4.69) is 10.1 Å². The van der Waals surface area contributed by atoms with Gasteiger partial charge in [-0.25, -0.2) is 9.67 Å². The first-order valence-electron chi connectivity index (χ1n) is 4.48. The van der Waals surface area contributed by atoms with E-state index in [0.29, 0.717) is 17.6 Å². The minimum absolute atomic E-state index is 0.0122. The van der Waals surface area contributed by atoms with Gasteiger partial charge in [-0.05, 0) is 6.92 Å². The largest absolute Gasteiger partial charge is 0.506 e. The Bertz CT molecular complexity index is 532. The van der Waals surface area contributed by atoms with E-state index < -0.39 is 5.91 Å². The Balaban J connectivity index is 2.75. The number of pyridine rings is 1. The molecule has 15 heavy (non-hydrogen) atoms. The van der Waals surface area contributed by atoms with E-state index in [9.17, 15) is 9.90 Å². The molecule has 2 aromatic rings. The molecule has 0 radical (unpaired) electrons. The molecule has 78 valence electrons. The molecular formula is C9H10N4O2. The number of rotatable bonds is 2. The third-order valence-electron chi connectivity index (χ3n) is 2.20. The second kappa shape index (κ2) is 3.23. The van der Waals surface area contributed by atoms with Crippen LogP contribution in [0.1, 0.15) is 17.3 Å².